The molecule has 2 heterocycles. The zero-order valence-electron chi connectivity index (χ0n) is 23.9. The van der Waals surface area contributed by atoms with Gasteiger partial charge in [-0.25, -0.2) is 9.78 Å². The Morgan fingerprint density at radius 2 is 1.63 bits per heavy atom. The van der Waals surface area contributed by atoms with Gasteiger partial charge in [0, 0.05) is 24.4 Å². The number of carboxylic acid groups (broad SMARTS) is 1. The molecule has 0 unspecified atom stereocenters. The number of aliphatic carboxylic acids is 1. The van der Waals surface area contributed by atoms with E-state index in [9.17, 15) is 9.90 Å². The van der Waals surface area contributed by atoms with Crippen LogP contribution in [0.3, 0.4) is 0 Å². The lowest BCUT2D eigenvalue weighted by molar-refractivity contribution is -0.145. The van der Waals surface area contributed by atoms with E-state index < -0.39 is 12.1 Å². The number of para-hydroxylation sites is 3. The SMILES string of the molecule is Cc1ccc(-c2ccc(O[C@H](Cc3ccccc3)C(=O)O)cc2)n1CCCOc1ccccc1-c1nc2ccccc2o1. The number of rotatable bonds is 12. The number of benzene rings is 4. The zero-order valence-corrected chi connectivity index (χ0v) is 23.9. The van der Waals surface area contributed by atoms with Crippen LogP contribution >= 0.6 is 0 Å². The van der Waals surface area contributed by atoms with E-state index in [1.165, 1.54) is 0 Å². The molecular weight excluding hydrogens is 540 g/mol. The minimum atomic E-state index is -0.990. The average molecular weight is 573 g/mol. The van der Waals surface area contributed by atoms with Crippen molar-refractivity contribution >= 4 is 17.1 Å². The van der Waals surface area contributed by atoms with Crippen LogP contribution in [-0.4, -0.2) is 33.3 Å². The molecule has 216 valence electrons. The van der Waals surface area contributed by atoms with Gasteiger partial charge in [-0.2, -0.15) is 0 Å². The molecular formula is C36H32N2O5. The van der Waals surface area contributed by atoms with Crippen molar-refractivity contribution in [3.8, 4) is 34.2 Å². The third-order valence-corrected chi connectivity index (χ3v) is 7.36. The van der Waals surface area contributed by atoms with Crippen molar-refractivity contribution in [1.29, 1.82) is 0 Å². The van der Waals surface area contributed by atoms with Crippen molar-refractivity contribution in [2.24, 2.45) is 0 Å². The Hall–Kier alpha value is -5.30. The third-order valence-electron chi connectivity index (χ3n) is 7.36. The van der Waals surface area contributed by atoms with Gasteiger partial charge < -0.3 is 23.6 Å². The highest BCUT2D eigenvalue weighted by molar-refractivity contribution is 5.77. The Morgan fingerprint density at radius 1 is 0.884 bits per heavy atom. The van der Waals surface area contributed by atoms with E-state index in [1.807, 2.05) is 103 Å². The van der Waals surface area contributed by atoms with Crippen molar-refractivity contribution in [3.05, 3.63) is 127 Å². The Balaban J connectivity index is 1.09. The van der Waals surface area contributed by atoms with Gasteiger partial charge in [0.15, 0.2) is 11.7 Å². The van der Waals surface area contributed by atoms with Crippen LogP contribution in [0.2, 0.25) is 0 Å². The first-order valence-electron chi connectivity index (χ1n) is 14.3. The molecule has 0 fully saturated rings. The second-order valence-electron chi connectivity index (χ2n) is 10.4. The molecule has 7 nitrogen and oxygen atoms in total. The first-order chi connectivity index (χ1) is 21.0. The lowest BCUT2D eigenvalue weighted by Gasteiger charge is -2.16. The summed E-state index contributed by atoms with van der Waals surface area (Å²) in [6, 6.07) is 36.8. The Kier molecular flexibility index (Phi) is 8.22. The maximum absolute atomic E-state index is 11.8. The van der Waals surface area contributed by atoms with E-state index in [4.69, 9.17) is 13.9 Å². The van der Waals surface area contributed by atoms with Crippen LogP contribution in [0.25, 0.3) is 33.8 Å². The largest absolute Gasteiger partial charge is 0.493 e. The van der Waals surface area contributed by atoms with Crippen molar-refractivity contribution in [1.82, 2.24) is 9.55 Å². The van der Waals surface area contributed by atoms with Crippen molar-refractivity contribution in [3.63, 3.8) is 0 Å². The summed E-state index contributed by atoms with van der Waals surface area (Å²) < 4.78 is 20.3. The molecule has 0 aliphatic carbocycles. The van der Waals surface area contributed by atoms with Gasteiger partial charge in [0.05, 0.1) is 12.2 Å². The molecule has 6 aromatic rings. The Bertz CT molecular complexity index is 1790. The standard InChI is InChI=1S/C36H32N2O5/c1-25-16-21-31(27-17-19-28(20-18-27)42-34(36(39)40)24-26-10-3-2-4-11-26)38(25)22-9-23-41-32-14-7-5-12-29(32)35-37-30-13-6-8-15-33(30)43-35/h2-8,10-21,34H,9,22-24H2,1H3,(H,39,40)/t34-/m1/s1. The summed E-state index contributed by atoms with van der Waals surface area (Å²) in [5, 5.41) is 9.70. The molecule has 1 atom stereocenters. The maximum Gasteiger partial charge on any atom is 0.345 e. The molecule has 0 saturated heterocycles. The molecule has 43 heavy (non-hydrogen) atoms. The number of nitrogens with zero attached hydrogens (tertiary/aromatic N) is 2. The fourth-order valence-electron chi connectivity index (χ4n) is 5.16. The highest BCUT2D eigenvalue weighted by Gasteiger charge is 2.20. The van der Waals surface area contributed by atoms with E-state index in [2.05, 4.69) is 28.6 Å². The van der Waals surface area contributed by atoms with E-state index in [0.717, 1.165) is 57.9 Å². The molecule has 7 heteroatoms. The maximum atomic E-state index is 11.8. The molecule has 0 amide bonds. The number of carbonyl (C=O) groups is 1. The van der Waals surface area contributed by atoms with Crippen molar-refractivity contribution < 1.29 is 23.8 Å². The van der Waals surface area contributed by atoms with Crippen LogP contribution in [0.1, 0.15) is 17.7 Å². The summed E-state index contributed by atoms with van der Waals surface area (Å²) in [7, 11) is 0. The first kappa shape index (κ1) is 27.8. The molecule has 4 aromatic carbocycles. The molecule has 0 bridgehead atoms. The number of hydrogen-bond acceptors (Lipinski definition) is 5. The van der Waals surface area contributed by atoms with Gasteiger partial charge in [-0.05, 0) is 85.1 Å². The minimum Gasteiger partial charge on any atom is -0.493 e. The summed E-state index contributed by atoms with van der Waals surface area (Å²) in [4.78, 5) is 16.5. The summed E-state index contributed by atoms with van der Waals surface area (Å²) >= 11 is 0. The Morgan fingerprint density at radius 3 is 2.42 bits per heavy atom. The molecule has 0 aliphatic rings. The van der Waals surface area contributed by atoms with E-state index >= 15 is 0 Å². The van der Waals surface area contributed by atoms with Crippen molar-refractivity contribution in [2.75, 3.05) is 6.61 Å². The predicted molar refractivity (Wildman–Crippen MR) is 166 cm³/mol. The molecule has 0 spiro atoms. The monoisotopic (exact) mass is 572 g/mol. The van der Waals surface area contributed by atoms with Crippen LogP contribution < -0.4 is 9.47 Å². The molecule has 1 N–H and O–H groups in total. The number of hydrogen-bond donors (Lipinski definition) is 1. The number of oxazole rings is 1. The van der Waals surface area contributed by atoms with Crippen LogP contribution in [0, 0.1) is 6.92 Å². The lowest BCUT2D eigenvalue weighted by atomic mass is 10.1. The first-order valence-corrected chi connectivity index (χ1v) is 14.3. The number of ether oxygens (including phenoxy) is 2. The lowest BCUT2D eigenvalue weighted by Crippen LogP contribution is -2.29. The predicted octanol–water partition coefficient (Wildman–Crippen LogP) is 7.82. The quantitative estimate of drug-likeness (QED) is 0.151. The molecule has 0 saturated carbocycles. The van der Waals surface area contributed by atoms with Gasteiger partial charge >= 0.3 is 5.97 Å². The number of fused-ring (bicyclic) bond motifs is 1. The smallest absolute Gasteiger partial charge is 0.345 e. The second-order valence-corrected chi connectivity index (χ2v) is 10.4. The highest BCUT2D eigenvalue weighted by atomic mass is 16.5. The van der Waals surface area contributed by atoms with Gasteiger partial charge in [-0.3, -0.25) is 0 Å². The summed E-state index contributed by atoms with van der Waals surface area (Å²) in [5.74, 6) is 0.813. The average Bonchev–Trinajstić information content (AvgIpc) is 3.63. The van der Waals surface area contributed by atoms with Crippen LogP contribution in [0.4, 0.5) is 0 Å². The number of aromatic nitrogens is 2. The van der Waals surface area contributed by atoms with Crippen LogP contribution in [-0.2, 0) is 17.8 Å². The van der Waals surface area contributed by atoms with E-state index in [1.54, 1.807) is 0 Å². The highest BCUT2D eigenvalue weighted by Crippen LogP contribution is 2.32. The van der Waals surface area contributed by atoms with Crippen molar-refractivity contribution in [2.45, 2.75) is 32.4 Å². The molecule has 0 aliphatic heterocycles. The third kappa shape index (κ3) is 6.46. The van der Waals surface area contributed by atoms with Gasteiger partial charge in [-0.1, -0.05) is 54.6 Å². The topological polar surface area (TPSA) is 86.7 Å². The normalized spacial score (nSPS) is 11.8. The van der Waals surface area contributed by atoms with Crippen LogP contribution in [0.5, 0.6) is 11.5 Å². The fraction of sp³-hybridized carbons (Fsp3) is 0.167. The zero-order chi connectivity index (χ0) is 29.6. The molecule has 6 rings (SSSR count). The van der Waals surface area contributed by atoms with Gasteiger partial charge in [-0.15, -0.1) is 0 Å². The van der Waals surface area contributed by atoms with Gasteiger partial charge in [0.2, 0.25) is 5.89 Å². The number of carboxylic acids is 1. The van der Waals surface area contributed by atoms with E-state index in [0.29, 0.717) is 24.7 Å². The minimum absolute atomic E-state index is 0.293. The molecule has 0 radical (unpaired) electrons. The number of aryl methyl sites for hydroxylation is 1. The molecule has 2 aromatic heterocycles. The fourth-order valence-corrected chi connectivity index (χ4v) is 5.16. The van der Waals surface area contributed by atoms with Gasteiger partial charge in [0.25, 0.3) is 0 Å². The second kappa shape index (κ2) is 12.7. The summed E-state index contributed by atoms with van der Waals surface area (Å²) in [5.41, 5.74) is 6.56. The van der Waals surface area contributed by atoms with E-state index in [-0.39, 0.29) is 0 Å². The van der Waals surface area contributed by atoms with Gasteiger partial charge in [0.1, 0.15) is 17.0 Å². The summed E-state index contributed by atoms with van der Waals surface area (Å²) in [6.45, 7) is 3.39. The summed E-state index contributed by atoms with van der Waals surface area (Å²) in [6.07, 6.45) is 0.124. The Labute approximate surface area is 250 Å². The van der Waals surface area contributed by atoms with Crippen LogP contribution in [0.15, 0.2) is 120 Å².